The highest BCUT2D eigenvalue weighted by Gasteiger charge is 2.26. The highest BCUT2D eigenvalue weighted by atomic mass is 16.5. The average molecular weight is 368 g/mol. The molecular formula is C22H24O5. The van der Waals surface area contributed by atoms with E-state index in [-0.39, 0.29) is 5.78 Å². The van der Waals surface area contributed by atoms with Gasteiger partial charge >= 0.3 is 0 Å². The molecule has 5 nitrogen and oxygen atoms in total. The van der Waals surface area contributed by atoms with E-state index in [0.717, 1.165) is 16.7 Å². The Morgan fingerprint density at radius 3 is 2.04 bits per heavy atom. The van der Waals surface area contributed by atoms with Crippen molar-refractivity contribution >= 4 is 11.9 Å². The van der Waals surface area contributed by atoms with Crippen molar-refractivity contribution in [1.29, 1.82) is 0 Å². The molecule has 3 rings (SSSR count). The first-order valence-electron chi connectivity index (χ1n) is 8.67. The molecule has 2 aromatic rings. The van der Waals surface area contributed by atoms with Crippen LogP contribution in [0.25, 0.3) is 17.2 Å². The topological polar surface area (TPSA) is 54.0 Å². The first kappa shape index (κ1) is 18.8. The van der Waals surface area contributed by atoms with Crippen LogP contribution in [0.5, 0.6) is 23.0 Å². The molecule has 1 aliphatic rings. The maximum atomic E-state index is 12.3. The molecule has 0 atom stereocenters. The Balaban J connectivity index is 2.22. The van der Waals surface area contributed by atoms with Crippen molar-refractivity contribution in [3.8, 4) is 34.1 Å². The Bertz CT molecular complexity index is 900. The Morgan fingerprint density at radius 2 is 1.52 bits per heavy atom. The molecule has 0 unspecified atom stereocenters. The van der Waals surface area contributed by atoms with Gasteiger partial charge in [0.25, 0.3) is 0 Å². The molecule has 0 aromatic heterocycles. The van der Waals surface area contributed by atoms with E-state index in [1.54, 1.807) is 28.3 Å². The van der Waals surface area contributed by atoms with Crippen LogP contribution in [-0.2, 0) is 0 Å². The zero-order valence-corrected chi connectivity index (χ0v) is 16.5. The fourth-order valence-corrected chi connectivity index (χ4v) is 3.15. The number of Topliss-reactive ketones (excluding diaryl/α,β-unsaturated/α-hetero) is 1. The Hall–Kier alpha value is -2.95. The van der Waals surface area contributed by atoms with Gasteiger partial charge in [0.15, 0.2) is 17.3 Å². The van der Waals surface area contributed by atoms with Crippen molar-refractivity contribution in [3.05, 3.63) is 41.5 Å². The highest BCUT2D eigenvalue weighted by molar-refractivity contribution is 6.00. The first-order valence-corrected chi connectivity index (χ1v) is 8.67. The molecule has 1 aliphatic heterocycles. The molecule has 0 bridgehead atoms. The number of ketones is 1. The maximum Gasteiger partial charge on any atom is 0.203 e. The van der Waals surface area contributed by atoms with Crippen LogP contribution < -0.4 is 18.9 Å². The number of benzene rings is 2. The smallest absolute Gasteiger partial charge is 0.203 e. The van der Waals surface area contributed by atoms with E-state index < -0.39 is 5.60 Å². The molecule has 27 heavy (non-hydrogen) atoms. The number of methoxy groups -OCH3 is 3. The van der Waals surface area contributed by atoms with Crippen molar-refractivity contribution in [2.45, 2.75) is 26.4 Å². The Morgan fingerprint density at radius 1 is 0.926 bits per heavy atom. The summed E-state index contributed by atoms with van der Waals surface area (Å²) in [6.45, 7) is 5.47. The fourth-order valence-electron chi connectivity index (χ4n) is 3.15. The third kappa shape index (κ3) is 3.50. The third-order valence-electron chi connectivity index (χ3n) is 4.52. The van der Waals surface area contributed by atoms with Gasteiger partial charge in [0.05, 0.1) is 26.9 Å². The summed E-state index contributed by atoms with van der Waals surface area (Å²) >= 11 is 0. The van der Waals surface area contributed by atoms with Gasteiger partial charge in [-0.2, -0.15) is 0 Å². The van der Waals surface area contributed by atoms with E-state index in [4.69, 9.17) is 18.9 Å². The van der Waals surface area contributed by atoms with Crippen LogP contribution in [0.4, 0.5) is 0 Å². The lowest BCUT2D eigenvalue weighted by atomic mass is 9.93. The second kappa shape index (κ2) is 6.99. The molecule has 0 spiro atoms. The zero-order valence-electron chi connectivity index (χ0n) is 16.5. The van der Waals surface area contributed by atoms with Gasteiger partial charge in [0.1, 0.15) is 11.4 Å². The molecule has 0 aliphatic carbocycles. The monoisotopic (exact) mass is 368 g/mol. The van der Waals surface area contributed by atoms with Crippen molar-refractivity contribution in [3.63, 3.8) is 0 Å². The lowest BCUT2D eigenvalue weighted by Gasteiger charge is -2.29. The lowest BCUT2D eigenvalue weighted by Crippen LogP contribution is -2.28. The van der Waals surface area contributed by atoms with E-state index in [9.17, 15) is 4.79 Å². The number of fused-ring (bicyclic) bond motifs is 1. The number of carbonyl (C=O) groups is 1. The summed E-state index contributed by atoms with van der Waals surface area (Å²) in [6.07, 6.45) is 3.98. The van der Waals surface area contributed by atoms with E-state index >= 15 is 0 Å². The van der Waals surface area contributed by atoms with E-state index in [0.29, 0.717) is 28.6 Å². The van der Waals surface area contributed by atoms with Crippen LogP contribution in [0.1, 0.15) is 36.7 Å². The summed E-state index contributed by atoms with van der Waals surface area (Å²) in [5, 5.41) is 0. The van der Waals surface area contributed by atoms with Gasteiger partial charge in [-0.1, -0.05) is 6.08 Å². The number of ether oxygens (including phenoxy) is 4. The van der Waals surface area contributed by atoms with E-state index in [1.165, 1.54) is 0 Å². The number of carbonyl (C=O) groups excluding carboxylic acids is 1. The van der Waals surface area contributed by atoms with Crippen molar-refractivity contribution < 1.29 is 23.7 Å². The molecule has 0 saturated carbocycles. The largest absolute Gasteiger partial charge is 0.493 e. The molecule has 1 heterocycles. The van der Waals surface area contributed by atoms with Gasteiger partial charge in [0, 0.05) is 5.56 Å². The molecule has 0 amide bonds. The maximum absolute atomic E-state index is 12.3. The number of hydrogen-bond acceptors (Lipinski definition) is 5. The molecule has 0 N–H and O–H groups in total. The quantitative estimate of drug-likeness (QED) is 0.712. The van der Waals surface area contributed by atoms with Crippen LogP contribution in [0.3, 0.4) is 0 Å². The summed E-state index contributed by atoms with van der Waals surface area (Å²) in [7, 11) is 4.72. The summed E-state index contributed by atoms with van der Waals surface area (Å²) < 4.78 is 22.3. The molecule has 0 radical (unpaired) electrons. The highest BCUT2D eigenvalue weighted by Crippen LogP contribution is 2.43. The van der Waals surface area contributed by atoms with Gasteiger partial charge in [-0.25, -0.2) is 0 Å². The Labute approximate surface area is 159 Å². The molecule has 142 valence electrons. The minimum absolute atomic E-state index is 0.0494. The van der Waals surface area contributed by atoms with Crippen molar-refractivity contribution in [1.82, 2.24) is 0 Å². The normalized spacial score (nSPS) is 14.1. The molecule has 0 saturated heterocycles. The number of hydrogen-bond donors (Lipinski definition) is 0. The van der Waals surface area contributed by atoms with Crippen LogP contribution in [-0.4, -0.2) is 32.7 Å². The SMILES string of the molecule is COc1cc(-c2cc3c(c(C(C)=O)c2)OC(C)(C)C=C3)cc(OC)c1OC. The van der Waals surface area contributed by atoms with Crippen molar-refractivity contribution in [2.24, 2.45) is 0 Å². The van der Waals surface area contributed by atoms with Gasteiger partial charge in [-0.05, 0) is 62.2 Å². The van der Waals surface area contributed by atoms with Gasteiger partial charge in [0.2, 0.25) is 5.75 Å². The third-order valence-corrected chi connectivity index (χ3v) is 4.52. The lowest BCUT2D eigenvalue weighted by molar-refractivity contribution is 0.1000. The molecular weight excluding hydrogens is 344 g/mol. The predicted octanol–water partition coefficient (Wildman–Crippen LogP) is 4.77. The molecule has 2 aromatic carbocycles. The van der Waals surface area contributed by atoms with Gasteiger partial charge in [-0.3, -0.25) is 4.79 Å². The van der Waals surface area contributed by atoms with Crippen LogP contribution >= 0.6 is 0 Å². The standard InChI is InChI=1S/C22H24O5/c1-13(23)17-10-15(9-14-7-8-22(2,3)27-20(14)17)16-11-18(24-4)21(26-6)19(12-16)25-5/h7-12H,1-6H3. The van der Waals surface area contributed by atoms with E-state index in [1.807, 2.05) is 50.3 Å². The summed E-state index contributed by atoms with van der Waals surface area (Å²) in [5.74, 6) is 2.21. The van der Waals surface area contributed by atoms with E-state index in [2.05, 4.69) is 0 Å². The molecule has 0 fully saturated rings. The zero-order chi connectivity index (χ0) is 19.8. The van der Waals surface area contributed by atoms with Gasteiger partial charge < -0.3 is 18.9 Å². The average Bonchev–Trinajstić information content (AvgIpc) is 2.65. The minimum Gasteiger partial charge on any atom is -0.493 e. The van der Waals surface area contributed by atoms with Crippen molar-refractivity contribution in [2.75, 3.05) is 21.3 Å². The number of rotatable bonds is 5. The van der Waals surface area contributed by atoms with Gasteiger partial charge in [-0.15, -0.1) is 0 Å². The second-order valence-corrected chi connectivity index (χ2v) is 6.95. The summed E-state index contributed by atoms with van der Waals surface area (Å²) in [6, 6.07) is 7.57. The van der Waals surface area contributed by atoms with Crippen LogP contribution in [0.15, 0.2) is 30.3 Å². The fraction of sp³-hybridized carbons (Fsp3) is 0.318. The molecule has 5 heteroatoms. The predicted molar refractivity (Wildman–Crippen MR) is 105 cm³/mol. The summed E-state index contributed by atoms with van der Waals surface area (Å²) in [5.41, 5.74) is 2.68. The Kier molecular flexibility index (Phi) is 4.87. The van der Waals surface area contributed by atoms with Crippen LogP contribution in [0.2, 0.25) is 0 Å². The van der Waals surface area contributed by atoms with Crippen LogP contribution in [0, 0.1) is 0 Å². The second-order valence-electron chi connectivity index (χ2n) is 6.95. The minimum atomic E-state index is -0.453. The summed E-state index contributed by atoms with van der Waals surface area (Å²) in [4.78, 5) is 12.3. The first-order chi connectivity index (χ1) is 12.8.